The molecule has 1 heterocycles. The number of aromatic nitrogens is 4. The van der Waals surface area contributed by atoms with Gasteiger partial charge in [0.1, 0.15) is 0 Å². The smallest absolute Gasteiger partial charge is 0.307 e. The number of aliphatic carboxylic acids is 1. The third kappa shape index (κ3) is 1.28. The van der Waals surface area contributed by atoms with Crippen molar-refractivity contribution >= 4 is 5.97 Å². The monoisotopic (exact) mass is 182 g/mol. The van der Waals surface area contributed by atoms with E-state index in [1.165, 1.54) is 4.80 Å². The van der Waals surface area contributed by atoms with Gasteiger partial charge in [0.2, 0.25) is 0 Å². The van der Waals surface area contributed by atoms with E-state index in [0.717, 1.165) is 12.8 Å². The molecule has 1 aliphatic rings. The maximum absolute atomic E-state index is 10.7. The minimum atomic E-state index is -0.760. The summed E-state index contributed by atoms with van der Waals surface area (Å²) in [4.78, 5) is 12.0. The molecule has 1 N–H and O–H groups in total. The van der Waals surface area contributed by atoms with Crippen LogP contribution >= 0.6 is 0 Å². The van der Waals surface area contributed by atoms with Gasteiger partial charge in [-0.2, -0.15) is 4.80 Å². The Balaban J connectivity index is 2.14. The number of carbonyl (C=O) groups is 1. The van der Waals surface area contributed by atoms with Gasteiger partial charge in [0.05, 0.1) is 13.0 Å². The lowest BCUT2D eigenvalue weighted by Gasteiger charge is -2.30. The highest BCUT2D eigenvalue weighted by Crippen LogP contribution is 2.40. The van der Waals surface area contributed by atoms with Crippen molar-refractivity contribution in [3.8, 4) is 0 Å². The summed E-state index contributed by atoms with van der Waals surface area (Å²) >= 11 is 0. The summed E-state index contributed by atoms with van der Waals surface area (Å²) in [5.41, 5.74) is 0. The van der Waals surface area contributed by atoms with Crippen LogP contribution < -0.4 is 0 Å². The number of carboxylic acids is 1. The normalized spacial score (nSPS) is 26.8. The van der Waals surface area contributed by atoms with Crippen molar-refractivity contribution in [3.05, 3.63) is 5.82 Å². The summed E-state index contributed by atoms with van der Waals surface area (Å²) in [6.07, 6.45) is 1.57. The van der Waals surface area contributed by atoms with Gasteiger partial charge in [-0.15, -0.1) is 10.2 Å². The van der Waals surface area contributed by atoms with Crippen LogP contribution in [0.15, 0.2) is 0 Å². The highest BCUT2D eigenvalue weighted by molar-refractivity contribution is 5.72. The van der Waals surface area contributed by atoms with Crippen LogP contribution in [0.4, 0.5) is 0 Å². The van der Waals surface area contributed by atoms with Gasteiger partial charge in [-0.25, -0.2) is 0 Å². The number of rotatable bonds is 2. The lowest BCUT2D eigenvalue weighted by atomic mass is 9.73. The van der Waals surface area contributed by atoms with Crippen LogP contribution in [-0.2, 0) is 11.8 Å². The Morgan fingerprint density at radius 2 is 2.38 bits per heavy atom. The Labute approximate surface area is 74.6 Å². The molecule has 1 saturated carbocycles. The Morgan fingerprint density at radius 1 is 1.62 bits per heavy atom. The predicted molar refractivity (Wildman–Crippen MR) is 41.9 cm³/mol. The molecule has 0 spiro atoms. The summed E-state index contributed by atoms with van der Waals surface area (Å²) in [6.45, 7) is 0. The fraction of sp³-hybridized carbons (Fsp3) is 0.714. The lowest BCUT2D eigenvalue weighted by molar-refractivity contribution is -0.145. The zero-order valence-electron chi connectivity index (χ0n) is 7.21. The average Bonchev–Trinajstić information content (AvgIpc) is 2.32. The molecule has 0 radical (unpaired) electrons. The second-order valence-electron chi connectivity index (χ2n) is 3.27. The number of carboxylic acid groups (broad SMARTS) is 1. The van der Waals surface area contributed by atoms with Crippen LogP contribution in [0.3, 0.4) is 0 Å². The first-order valence-corrected chi connectivity index (χ1v) is 4.15. The molecule has 0 aliphatic heterocycles. The van der Waals surface area contributed by atoms with Crippen molar-refractivity contribution in [3.63, 3.8) is 0 Å². The van der Waals surface area contributed by atoms with Gasteiger partial charge in [-0.3, -0.25) is 4.79 Å². The van der Waals surface area contributed by atoms with Gasteiger partial charge in [0, 0.05) is 5.92 Å². The maximum atomic E-state index is 10.7. The summed E-state index contributed by atoms with van der Waals surface area (Å²) in [5, 5.41) is 20.3. The Kier molecular flexibility index (Phi) is 1.75. The molecule has 0 bridgehead atoms. The SMILES string of the molecule is Cn1nnc(C2CCC2C(=O)O)n1. The number of tetrazole rings is 1. The molecule has 13 heavy (non-hydrogen) atoms. The second-order valence-corrected chi connectivity index (χ2v) is 3.27. The van der Waals surface area contributed by atoms with Crippen LogP contribution in [0.2, 0.25) is 0 Å². The van der Waals surface area contributed by atoms with Gasteiger partial charge >= 0.3 is 5.97 Å². The Morgan fingerprint density at radius 3 is 2.77 bits per heavy atom. The van der Waals surface area contributed by atoms with E-state index in [2.05, 4.69) is 15.4 Å². The van der Waals surface area contributed by atoms with E-state index in [9.17, 15) is 4.79 Å². The Hall–Kier alpha value is -1.46. The minimum Gasteiger partial charge on any atom is -0.481 e. The number of hydrogen-bond donors (Lipinski definition) is 1. The molecule has 70 valence electrons. The maximum Gasteiger partial charge on any atom is 0.307 e. The number of aryl methyl sites for hydroxylation is 1. The number of nitrogens with zero attached hydrogens (tertiary/aromatic N) is 4. The molecule has 1 fully saturated rings. The predicted octanol–water partition coefficient (Wildman–Crippen LogP) is -0.212. The molecule has 2 unspecified atom stereocenters. The second kappa shape index (κ2) is 2.79. The average molecular weight is 182 g/mol. The fourth-order valence-corrected chi connectivity index (χ4v) is 1.55. The first-order valence-electron chi connectivity index (χ1n) is 4.15. The standard InChI is InChI=1S/C7H10N4O2/c1-11-9-6(8-10-11)4-2-3-5(4)7(12)13/h4-5H,2-3H2,1H3,(H,12,13). The van der Waals surface area contributed by atoms with E-state index in [1.54, 1.807) is 7.05 Å². The van der Waals surface area contributed by atoms with Crippen LogP contribution in [0, 0.1) is 5.92 Å². The van der Waals surface area contributed by atoms with Gasteiger partial charge in [0.15, 0.2) is 5.82 Å². The van der Waals surface area contributed by atoms with E-state index in [-0.39, 0.29) is 11.8 Å². The van der Waals surface area contributed by atoms with Crippen molar-refractivity contribution in [1.29, 1.82) is 0 Å². The molecular weight excluding hydrogens is 172 g/mol. The molecule has 2 atom stereocenters. The Bertz CT molecular complexity index is 335. The largest absolute Gasteiger partial charge is 0.481 e. The van der Waals surface area contributed by atoms with Gasteiger partial charge in [-0.1, -0.05) is 0 Å². The molecule has 0 saturated heterocycles. The third-order valence-electron chi connectivity index (χ3n) is 2.45. The molecule has 0 aromatic carbocycles. The van der Waals surface area contributed by atoms with Crippen LogP contribution in [0.25, 0.3) is 0 Å². The first kappa shape index (κ1) is 8.15. The highest BCUT2D eigenvalue weighted by atomic mass is 16.4. The van der Waals surface area contributed by atoms with E-state index < -0.39 is 5.97 Å². The lowest BCUT2D eigenvalue weighted by Crippen LogP contribution is -2.31. The van der Waals surface area contributed by atoms with Crippen molar-refractivity contribution in [2.75, 3.05) is 0 Å². The molecule has 0 amide bonds. The van der Waals surface area contributed by atoms with Crippen LogP contribution in [-0.4, -0.2) is 31.3 Å². The quantitative estimate of drug-likeness (QED) is 0.684. The molecule has 1 aromatic rings. The van der Waals surface area contributed by atoms with Crippen molar-refractivity contribution < 1.29 is 9.90 Å². The van der Waals surface area contributed by atoms with E-state index in [1.807, 2.05) is 0 Å². The van der Waals surface area contributed by atoms with Gasteiger partial charge in [0.25, 0.3) is 0 Å². The summed E-state index contributed by atoms with van der Waals surface area (Å²) in [5.74, 6) is -0.555. The highest BCUT2D eigenvalue weighted by Gasteiger charge is 2.40. The molecule has 6 heteroatoms. The zero-order chi connectivity index (χ0) is 9.42. The third-order valence-corrected chi connectivity index (χ3v) is 2.45. The van der Waals surface area contributed by atoms with E-state index in [4.69, 9.17) is 5.11 Å². The first-order chi connectivity index (χ1) is 6.18. The van der Waals surface area contributed by atoms with Crippen molar-refractivity contribution in [2.45, 2.75) is 18.8 Å². The minimum absolute atomic E-state index is 0.0359. The number of hydrogen-bond acceptors (Lipinski definition) is 4. The molecular formula is C7H10N4O2. The summed E-state index contributed by atoms with van der Waals surface area (Å²) < 4.78 is 0. The van der Waals surface area contributed by atoms with E-state index in [0.29, 0.717) is 5.82 Å². The van der Waals surface area contributed by atoms with Crippen molar-refractivity contribution in [2.24, 2.45) is 13.0 Å². The molecule has 1 aromatic heterocycles. The van der Waals surface area contributed by atoms with E-state index >= 15 is 0 Å². The molecule has 1 aliphatic carbocycles. The van der Waals surface area contributed by atoms with Crippen molar-refractivity contribution in [1.82, 2.24) is 20.2 Å². The fourth-order valence-electron chi connectivity index (χ4n) is 1.55. The van der Waals surface area contributed by atoms with Gasteiger partial charge in [-0.05, 0) is 18.1 Å². The van der Waals surface area contributed by atoms with Crippen LogP contribution in [0.5, 0.6) is 0 Å². The van der Waals surface area contributed by atoms with Crippen LogP contribution in [0.1, 0.15) is 24.6 Å². The summed E-state index contributed by atoms with van der Waals surface area (Å²) in [7, 11) is 1.67. The summed E-state index contributed by atoms with van der Waals surface area (Å²) in [6, 6.07) is 0. The zero-order valence-corrected chi connectivity index (χ0v) is 7.21. The molecule has 6 nitrogen and oxygen atoms in total. The van der Waals surface area contributed by atoms with Gasteiger partial charge < -0.3 is 5.11 Å². The topological polar surface area (TPSA) is 80.9 Å². The molecule has 2 rings (SSSR count).